The van der Waals surface area contributed by atoms with E-state index in [4.69, 9.17) is 16.7 Å². The highest BCUT2D eigenvalue weighted by Gasteiger charge is 2.01. The van der Waals surface area contributed by atoms with E-state index in [1.807, 2.05) is 6.92 Å². The number of amides is 1. The first kappa shape index (κ1) is 8.87. The molecule has 0 unspecified atom stereocenters. The molecule has 0 saturated carbocycles. The van der Waals surface area contributed by atoms with Crippen LogP contribution in [-0.4, -0.2) is 11.2 Å². The van der Waals surface area contributed by atoms with Crippen LogP contribution in [-0.2, 0) is 0 Å². The second kappa shape index (κ2) is 3.45. The average Bonchev–Trinajstić information content (AvgIpc) is 1.96. The number of carbonyl (C=O) groups is 1. The smallest absolute Gasteiger partial charge is 0.409 e. The van der Waals surface area contributed by atoms with E-state index in [-0.39, 0.29) is 0 Å². The Balaban J connectivity index is 2.97. The second-order valence-electron chi connectivity index (χ2n) is 2.39. The molecule has 0 aliphatic heterocycles. The van der Waals surface area contributed by atoms with Gasteiger partial charge in [0.1, 0.15) is 0 Å². The van der Waals surface area contributed by atoms with Gasteiger partial charge in [0.2, 0.25) is 0 Å². The van der Waals surface area contributed by atoms with Crippen molar-refractivity contribution >= 4 is 23.4 Å². The number of rotatable bonds is 1. The molecule has 1 aromatic carbocycles. The minimum atomic E-state index is -1.08. The molecule has 3 nitrogen and oxygen atoms in total. The molecule has 1 rings (SSSR count). The number of nitrogens with one attached hydrogen (secondary N) is 1. The summed E-state index contributed by atoms with van der Waals surface area (Å²) in [5.41, 5.74) is 1.37. The van der Waals surface area contributed by atoms with Crippen molar-refractivity contribution in [3.05, 3.63) is 28.8 Å². The van der Waals surface area contributed by atoms with Crippen LogP contribution in [0.25, 0.3) is 0 Å². The van der Waals surface area contributed by atoms with Crippen molar-refractivity contribution in [1.82, 2.24) is 0 Å². The molecule has 0 atom stereocenters. The quantitative estimate of drug-likeness (QED) is 0.707. The zero-order valence-electron chi connectivity index (χ0n) is 6.47. The Hall–Kier alpha value is -1.22. The van der Waals surface area contributed by atoms with Crippen molar-refractivity contribution in [3.63, 3.8) is 0 Å². The summed E-state index contributed by atoms with van der Waals surface area (Å²) in [5.74, 6) is 0. The van der Waals surface area contributed by atoms with Gasteiger partial charge in [-0.1, -0.05) is 17.7 Å². The van der Waals surface area contributed by atoms with Crippen molar-refractivity contribution in [2.75, 3.05) is 5.32 Å². The molecule has 0 spiro atoms. The molecule has 1 aromatic rings. The highest BCUT2D eigenvalue weighted by Crippen LogP contribution is 2.19. The van der Waals surface area contributed by atoms with Gasteiger partial charge < -0.3 is 5.11 Å². The molecule has 0 saturated heterocycles. The maximum absolute atomic E-state index is 10.3. The summed E-state index contributed by atoms with van der Waals surface area (Å²) < 4.78 is 0. The largest absolute Gasteiger partial charge is 0.465 e. The number of hydrogen-bond donors (Lipinski definition) is 2. The van der Waals surface area contributed by atoms with Gasteiger partial charge in [0.25, 0.3) is 0 Å². The van der Waals surface area contributed by atoms with Crippen molar-refractivity contribution in [2.24, 2.45) is 0 Å². The Morgan fingerprint density at radius 3 is 2.83 bits per heavy atom. The number of benzene rings is 1. The Morgan fingerprint density at radius 1 is 1.58 bits per heavy atom. The molecule has 0 aliphatic carbocycles. The fourth-order valence-corrected chi connectivity index (χ4v) is 1.02. The van der Waals surface area contributed by atoms with Crippen LogP contribution in [0.4, 0.5) is 10.5 Å². The van der Waals surface area contributed by atoms with Gasteiger partial charge in [-0.15, -0.1) is 0 Å². The lowest BCUT2D eigenvalue weighted by Crippen LogP contribution is -2.08. The molecule has 0 radical (unpaired) electrons. The van der Waals surface area contributed by atoms with E-state index in [2.05, 4.69) is 5.32 Å². The van der Waals surface area contributed by atoms with Crippen molar-refractivity contribution in [3.8, 4) is 0 Å². The molecule has 0 bridgehead atoms. The van der Waals surface area contributed by atoms with Gasteiger partial charge in [-0.3, -0.25) is 5.32 Å². The van der Waals surface area contributed by atoms with Gasteiger partial charge in [-0.25, -0.2) is 4.79 Å². The summed E-state index contributed by atoms with van der Waals surface area (Å²) in [6.07, 6.45) is -1.08. The fraction of sp³-hybridized carbons (Fsp3) is 0.125. The molecule has 12 heavy (non-hydrogen) atoms. The minimum absolute atomic E-state index is 0.518. The fourth-order valence-electron chi connectivity index (χ4n) is 0.844. The number of carboxylic acid groups (broad SMARTS) is 1. The summed E-state index contributed by atoms with van der Waals surface area (Å²) in [5, 5.41) is 11.2. The van der Waals surface area contributed by atoms with Gasteiger partial charge in [0.15, 0.2) is 0 Å². The number of anilines is 1. The van der Waals surface area contributed by atoms with Crippen LogP contribution >= 0.6 is 11.6 Å². The third-order valence-electron chi connectivity index (χ3n) is 1.44. The highest BCUT2D eigenvalue weighted by molar-refractivity contribution is 6.30. The van der Waals surface area contributed by atoms with Gasteiger partial charge in [-0.2, -0.15) is 0 Å². The second-order valence-corrected chi connectivity index (χ2v) is 2.83. The van der Waals surface area contributed by atoms with Crippen molar-refractivity contribution < 1.29 is 9.90 Å². The van der Waals surface area contributed by atoms with Crippen LogP contribution in [0, 0.1) is 6.92 Å². The number of aryl methyl sites for hydroxylation is 1. The molecular formula is C8H8ClNO2. The maximum atomic E-state index is 10.3. The summed E-state index contributed by atoms with van der Waals surface area (Å²) in [4.78, 5) is 10.3. The summed E-state index contributed by atoms with van der Waals surface area (Å²) in [6, 6.07) is 5.04. The van der Waals surface area contributed by atoms with E-state index in [9.17, 15) is 4.79 Å². The molecule has 0 aliphatic rings. The van der Waals surface area contributed by atoms with Crippen LogP contribution < -0.4 is 5.32 Å². The van der Waals surface area contributed by atoms with E-state index in [1.165, 1.54) is 0 Å². The maximum Gasteiger partial charge on any atom is 0.409 e. The van der Waals surface area contributed by atoms with Gasteiger partial charge in [0, 0.05) is 10.7 Å². The SMILES string of the molecule is Cc1ccc(Cl)cc1NC(=O)O. The summed E-state index contributed by atoms with van der Waals surface area (Å²) >= 11 is 5.67. The lowest BCUT2D eigenvalue weighted by Gasteiger charge is -2.04. The zero-order chi connectivity index (χ0) is 9.14. The Bertz CT molecular complexity index is 312. The van der Waals surface area contributed by atoms with Crippen LogP contribution in [0.5, 0.6) is 0 Å². The molecule has 2 N–H and O–H groups in total. The lowest BCUT2D eigenvalue weighted by molar-refractivity contribution is 0.209. The lowest BCUT2D eigenvalue weighted by atomic mass is 10.2. The first-order valence-corrected chi connectivity index (χ1v) is 3.73. The minimum Gasteiger partial charge on any atom is -0.465 e. The number of halogens is 1. The predicted octanol–water partition coefficient (Wildman–Crippen LogP) is 2.74. The van der Waals surface area contributed by atoms with Gasteiger partial charge >= 0.3 is 6.09 Å². The monoisotopic (exact) mass is 185 g/mol. The highest BCUT2D eigenvalue weighted by atomic mass is 35.5. The predicted molar refractivity (Wildman–Crippen MR) is 47.8 cm³/mol. The van der Waals surface area contributed by atoms with E-state index in [0.29, 0.717) is 10.7 Å². The average molecular weight is 186 g/mol. The van der Waals surface area contributed by atoms with Crippen LogP contribution in [0.3, 0.4) is 0 Å². The third-order valence-corrected chi connectivity index (χ3v) is 1.68. The van der Waals surface area contributed by atoms with Crippen LogP contribution in [0.15, 0.2) is 18.2 Å². The van der Waals surface area contributed by atoms with E-state index in [0.717, 1.165) is 5.56 Å². The zero-order valence-corrected chi connectivity index (χ0v) is 7.22. The molecule has 4 heteroatoms. The summed E-state index contributed by atoms with van der Waals surface area (Å²) in [6.45, 7) is 1.81. The molecule has 0 heterocycles. The third kappa shape index (κ3) is 2.13. The van der Waals surface area contributed by atoms with Crippen LogP contribution in [0.1, 0.15) is 5.56 Å². The van der Waals surface area contributed by atoms with Crippen molar-refractivity contribution in [2.45, 2.75) is 6.92 Å². The standard InChI is InChI=1S/C8H8ClNO2/c1-5-2-3-6(9)4-7(5)10-8(11)12/h2-4,10H,1H3,(H,11,12). The molecule has 64 valence electrons. The van der Waals surface area contributed by atoms with Crippen molar-refractivity contribution in [1.29, 1.82) is 0 Å². The molecular weight excluding hydrogens is 178 g/mol. The first-order chi connectivity index (χ1) is 5.59. The first-order valence-electron chi connectivity index (χ1n) is 3.35. The molecule has 1 amide bonds. The van der Waals surface area contributed by atoms with E-state index in [1.54, 1.807) is 18.2 Å². The Labute approximate surface area is 75.0 Å². The molecule has 0 aromatic heterocycles. The normalized spacial score (nSPS) is 9.50. The Morgan fingerprint density at radius 2 is 2.25 bits per heavy atom. The summed E-state index contributed by atoms with van der Waals surface area (Å²) in [7, 11) is 0. The Kier molecular flexibility index (Phi) is 2.55. The van der Waals surface area contributed by atoms with E-state index < -0.39 is 6.09 Å². The van der Waals surface area contributed by atoms with Gasteiger partial charge in [0.05, 0.1) is 0 Å². The number of hydrogen-bond acceptors (Lipinski definition) is 1. The topological polar surface area (TPSA) is 49.3 Å². The van der Waals surface area contributed by atoms with Gasteiger partial charge in [-0.05, 0) is 24.6 Å². The molecule has 0 fully saturated rings. The van der Waals surface area contributed by atoms with Crippen LogP contribution in [0.2, 0.25) is 5.02 Å². The van der Waals surface area contributed by atoms with E-state index >= 15 is 0 Å².